The van der Waals surface area contributed by atoms with Crippen LogP contribution in [0.15, 0.2) is 28.7 Å². The molecule has 0 radical (unpaired) electrons. The maximum absolute atomic E-state index is 5.88. The second-order valence-corrected chi connectivity index (χ2v) is 4.24. The minimum atomic E-state index is 0.394. The van der Waals surface area contributed by atoms with Gasteiger partial charge in [-0.2, -0.15) is 0 Å². The van der Waals surface area contributed by atoms with Crippen LogP contribution in [0.1, 0.15) is 11.5 Å². The van der Waals surface area contributed by atoms with Crippen LogP contribution in [0.4, 0.5) is 6.01 Å². The standard InChI is InChI=1S/C11H11Cl2N3O/c12-5-4-10-15-16-11(17-10)14-7-8-2-1-3-9(13)6-8/h1-3,6H,4-5,7H2,(H,14,16). The van der Waals surface area contributed by atoms with Gasteiger partial charge in [0.1, 0.15) is 0 Å². The first-order valence-corrected chi connectivity index (χ1v) is 6.06. The summed E-state index contributed by atoms with van der Waals surface area (Å²) in [6, 6.07) is 7.96. The molecule has 0 unspecified atom stereocenters. The Balaban J connectivity index is 1.93. The Morgan fingerprint density at radius 3 is 2.94 bits per heavy atom. The first-order chi connectivity index (χ1) is 8.28. The quantitative estimate of drug-likeness (QED) is 0.849. The van der Waals surface area contributed by atoms with Crippen molar-refractivity contribution in [2.45, 2.75) is 13.0 Å². The number of halogens is 2. The monoisotopic (exact) mass is 271 g/mol. The molecule has 0 spiro atoms. The molecule has 0 bridgehead atoms. The number of nitrogens with zero attached hydrogens (tertiary/aromatic N) is 2. The van der Waals surface area contributed by atoms with E-state index in [9.17, 15) is 0 Å². The first-order valence-electron chi connectivity index (χ1n) is 5.14. The molecule has 1 aromatic carbocycles. The van der Waals surface area contributed by atoms with Crippen molar-refractivity contribution in [3.8, 4) is 0 Å². The smallest absolute Gasteiger partial charge is 0.315 e. The molecule has 0 atom stereocenters. The Hall–Kier alpha value is -1.26. The van der Waals surface area contributed by atoms with E-state index in [0.29, 0.717) is 35.8 Å². The molecule has 0 aliphatic carbocycles. The number of aryl methyl sites for hydroxylation is 1. The number of alkyl halides is 1. The highest BCUT2D eigenvalue weighted by Crippen LogP contribution is 2.13. The van der Waals surface area contributed by atoms with Gasteiger partial charge in [0.05, 0.1) is 0 Å². The highest BCUT2D eigenvalue weighted by atomic mass is 35.5. The summed E-state index contributed by atoms with van der Waals surface area (Å²) >= 11 is 11.5. The molecular weight excluding hydrogens is 261 g/mol. The van der Waals surface area contributed by atoms with Gasteiger partial charge in [0.2, 0.25) is 5.89 Å². The van der Waals surface area contributed by atoms with Gasteiger partial charge in [0, 0.05) is 23.9 Å². The van der Waals surface area contributed by atoms with E-state index in [1.54, 1.807) is 0 Å². The number of aromatic nitrogens is 2. The van der Waals surface area contributed by atoms with E-state index in [2.05, 4.69) is 15.5 Å². The first kappa shape index (κ1) is 12.2. The summed E-state index contributed by atoms with van der Waals surface area (Å²) in [5.41, 5.74) is 1.05. The van der Waals surface area contributed by atoms with E-state index in [1.165, 1.54) is 0 Å². The Kier molecular flexibility index (Phi) is 4.23. The number of benzene rings is 1. The van der Waals surface area contributed by atoms with Crippen LogP contribution < -0.4 is 5.32 Å². The summed E-state index contributed by atoms with van der Waals surface area (Å²) in [6.07, 6.45) is 0.577. The maximum Gasteiger partial charge on any atom is 0.315 e. The minimum absolute atomic E-state index is 0.394. The second-order valence-electron chi connectivity index (χ2n) is 3.42. The molecule has 2 aromatic rings. The molecule has 17 heavy (non-hydrogen) atoms. The van der Waals surface area contributed by atoms with E-state index in [0.717, 1.165) is 5.56 Å². The van der Waals surface area contributed by atoms with E-state index >= 15 is 0 Å². The molecule has 0 saturated heterocycles. The van der Waals surface area contributed by atoms with E-state index in [-0.39, 0.29) is 0 Å². The van der Waals surface area contributed by atoms with Gasteiger partial charge in [0.25, 0.3) is 0 Å². The van der Waals surface area contributed by atoms with Crippen molar-refractivity contribution < 1.29 is 4.42 Å². The third-order valence-corrected chi connectivity index (χ3v) is 2.53. The molecule has 0 aliphatic heterocycles. The molecule has 0 aliphatic rings. The number of hydrogen-bond acceptors (Lipinski definition) is 4. The van der Waals surface area contributed by atoms with Crippen molar-refractivity contribution >= 4 is 29.2 Å². The van der Waals surface area contributed by atoms with Gasteiger partial charge in [-0.15, -0.1) is 16.7 Å². The molecule has 0 saturated carbocycles. The summed E-state index contributed by atoms with van der Waals surface area (Å²) in [4.78, 5) is 0. The minimum Gasteiger partial charge on any atom is -0.408 e. The number of anilines is 1. The van der Waals surface area contributed by atoms with Crippen LogP contribution in [-0.2, 0) is 13.0 Å². The predicted molar refractivity (Wildman–Crippen MR) is 67.5 cm³/mol. The van der Waals surface area contributed by atoms with Crippen LogP contribution >= 0.6 is 23.2 Å². The SMILES string of the molecule is ClCCc1nnc(NCc2cccc(Cl)c2)o1. The van der Waals surface area contributed by atoms with Crippen molar-refractivity contribution in [3.05, 3.63) is 40.7 Å². The highest BCUT2D eigenvalue weighted by Gasteiger charge is 2.04. The van der Waals surface area contributed by atoms with Crippen LogP contribution in [-0.4, -0.2) is 16.1 Å². The summed E-state index contributed by atoms with van der Waals surface area (Å²) in [7, 11) is 0. The Morgan fingerprint density at radius 2 is 2.18 bits per heavy atom. The maximum atomic E-state index is 5.88. The zero-order valence-electron chi connectivity index (χ0n) is 8.99. The van der Waals surface area contributed by atoms with Gasteiger partial charge in [-0.3, -0.25) is 0 Å². The van der Waals surface area contributed by atoms with Crippen LogP contribution in [0.3, 0.4) is 0 Å². The van der Waals surface area contributed by atoms with Gasteiger partial charge in [-0.25, -0.2) is 0 Å². The fraction of sp³-hybridized carbons (Fsp3) is 0.273. The van der Waals surface area contributed by atoms with Gasteiger partial charge >= 0.3 is 6.01 Å². The van der Waals surface area contributed by atoms with Crippen LogP contribution in [0.5, 0.6) is 0 Å². The van der Waals surface area contributed by atoms with Crippen LogP contribution in [0.25, 0.3) is 0 Å². The molecule has 4 nitrogen and oxygen atoms in total. The summed E-state index contributed by atoms with van der Waals surface area (Å²) < 4.78 is 5.33. The molecule has 0 fully saturated rings. The largest absolute Gasteiger partial charge is 0.408 e. The van der Waals surface area contributed by atoms with Crippen molar-refractivity contribution in [1.82, 2.24) is 10.2 Å². The molecule has 1 N–H and O–H groups in total. The molecule has 6 heteroatoms. The van der Waals surface area contributed by atoms with Gasteiger partial charge in [-0.05, 0) is 17.7 Å². The zero-order valence-corrected chi connectivity index (χ0v) is 10.5. The van der Waals surface area contributed by atoms with Gasteiger partial charge < -0.3 is 9.73 Å². The molecule has 2 rings (SSSR count). The average molecular weight is 272 g/mol. The summed E-state index contributed by atoms with van der Waals surface area (Å²) in [5.74, 6) is 1.00. The normalized spacial score (nSPS) is 10.5. The van der Waals surface area contributed by atoms with E-state index < -0.39 is 0 Å². The lowest BCUT2D eigenvalue weighted by atomic mass is 10.2. The van der Waals surface area contributed by atoms with Crippen LogP contribution in [0.2, 0.25) is 5.02 Å². The van der Waals surface area contributed by atoms with E-state index in [1.807, 2.05) is 24.3 Å². The molecule has 1 heterocycles. The zero-order chi connectivity index (χ0) is 12.1. The fourth-order valence-corrected chi connectivity index (χ4v) is 1.71. The fourth-order valence-electron chi connectivity index (χ4n) is 1.33. The van der Waals surface area contributed by atoms with Crippen molar-refractivity contribution in [1.29, 1.82) is 0 Å². The Bertz CT molecular complexity index is 487. The van der Waals surface area contributed by atoms with Crippen molar-refractivity contribution in [2.75, 3.05) is 11.2 Å². The Labute approximate surface area is 109 Å². The summed E-state index contributed by atoms with van der Waals surface area (Å²) in [6.45, 7) is 0.586. The molecule has 1 aromatic heterocycles. The topological polar surface area (TPSA) is 51.0 Å². The van der Waals surface area contributed by atoms with Crippen LogP contribution in [0, 0.1) is 0 Å². The third kappa shape index (κ3) is 3.61. The van der Waals surface area contributed by atoms with Crippen molar-refractivity contribution in [3.63, 3.8) is 0 Å². The van der Waals surface area contributed by atoms with Crippen molar-refractivity contribution in [2.24, 2.45) is 0 Å². The Morgan fingerprint density at radius 1 is 1.29 bits per heavy atom. The number of rotatable bonds is 5. The molecular formula is C11H11Cl2N3O. The lowest BCUT2D eigenvalue weighted by molar-refractivity contribution is 0.512. The summed E-state index contributed by atoms with van der Waals surface area (Å²) in [5, 5.41) is 11.4. The highest BCUT2D eigenvalue weighted by molar-refractivity contribution is 6.30. The van der Waals surface area contributed by atoms with Gasteiger partial charge in [-0.1, -0.05) is 28.8 Å². The number of hydrogen-bond donors (Lipinski definition) is 1. The molecule has 0 amide bonds. The number of nitrogens with one attached hydrogen (secondary N) is 1. The third-order valence-electron chi connectivity index (χ3n) is 2.11. The lowest BCUT2D eigenvalue weighted by Crippen LogP contribution is -1.99. The van der Waals surface area contributed by atoms with E-state index in [4.69, 9.17) is 27.6 Å². The second kappa shape index (κ2) is 5.89. The average Bonchev–Trinajstić information content (AvgIpc) is 2.75. The molecule has 90 valence electrons. The van der Waals surface area contributed by atoms with Gasteiger partial charge in [0.15, 0.2) is 0 Å². The predicted octanol–water partition coefficient (Wildman–Crippen LogP) is 3.12. The lowest BCUT2D eigenvalue weighted by Gasteiger charge is -2.01.